The van der Waals surface area contributed by atoms with Crippen molar-refractivity contribution in [3.05, 3.63) is 52.7 Å². The van der Waals surface area contributed by atoms with Crippen LogP contribution in [-0.2, 0) is 23.5 Å². The third-order valence-corrected chi connectivity index (χ3v) is 5.95. The molecule has 0 aliphatic carbocycles. The fraction of sp³-hybridized carbons (Fsp3) is 0.316. The molecule has 0 saturated heterocycles. The number of thiazole rings is 1. The standard InChI is InChI=1S/C19H20N4OS2/c24-17(12-25-10-15-11-26-13-20-15)22-19-18(14-6-2-1-3-7-14)21-16-8-4-5-9-23(16)19/h1-3,6-7,11,13H,4-5,8-10,12H2,(H,22,24). The van der Waals surface area contributed by atoms with Gasteiger partial charge in [0.2, 0.25) is 5.91 Å². The molecule has 1 N–H and O–H groups in total. The summed E-state index contributed by atoms with van der Waals surface area (Å²) in [5.41, 5.74) is 4.76. The van der Waals surface area contributed by atoms with Crippen molar-refractivity contribution in [2.45, 2.75) is 31.6 Å². The molecule has 0 atom stereocenters. The lowest BCUT2D eigenvalue weighted by atomic mass is 10.1. The van der Waals surface area contributed by atoms with Gasteiger partial charge in [-0.05, 0) is 12.8 Å². The van der Waals surface area contributed by atoms with Gasteiger partial charge in [-0.3, -0.25) is 4.79 Å². The van der Waals surface area contributed by atoms with E-state index in [1.807, 2.05) is 41.2 Å². The second-order valence-electron chi connectivity index (χ2n) is 6.22. The molecule has 1 aromatic carbocycles. The number of hydrogen-bond acceptors (Lipinski definition) is 5. The van der Waals surface area contributed by atoms with Crippen molar-refractivity contribution >= 4 is 34.8 Å². The summed E-state index contributed by atoms with van der Waals surface area (Å²) < 4.78 is 2.18. The predicted molar refractivity (Wildman–Crippen MR) is 108 cm³/mol. The predicted octanol–water partition coefficient (Wildman–Crippen LogP) is 4.21. The summed E-state index contributed by atoms with van der Waals surface area (Å²) in [6.45, 7) is 0.913. The number of imidazole rings is 1. The van der Waals surface area contributed by atoms with Crippen LogP contribution in [0.3, 0.4) is 0 Å². The first-order chi connectivity index (χ1) is 12.8. The molecule has 26 heavy (non-hydrogen) atoms. The van der Waals surface area contributed by atoms with Gasteiger partial charge in [0.05, 0.1) is 17.0 Å². The second kappa shape index (κ2) is 8.05. The lowest BCUT2D eigenvalue weighted by Crippen LogP contribution is -2.20. The van der Waals surface area contributed by atoms with E-state index in [1.54, 1.807) is 23.1 Å². The molecule has 0 fully saturated rings. The first-order valence-electron chi connectivity index (χ1n) is 8.71. The maximum Gasteiger partial charge on any atom is 0.235 e. The van der Waals surface area contributed by atoms with E-state index >= 15 is 0 Å². The van der Waals surface area contributed by atoms with Crippen molar-refractivity contribution in [3.63, 3.8) is 0 Å². The van der Waals surface area contributed by atoms with Crippen molar-refractivity contribution < 1.29 is 4.79 Å². The van der Waals surface area contributed by atoms with Crippen LogP contribution in [0, 0.1) is 0 Å². The Morgan fingerprint density at radius 1 is 1.27 bits per heavy atom. The molecule has 1 amide bonds. The molecule has 134 valence electrons. The monoisotopic (exact) mass is 384 g/mol. The minimum absolute atomic E-state index is 0.00989. The smallest absolute Gasteiger partial charge is 0.235 e. The van der Waals surface area contributed by atoms with Crippen molar-refractivity contribution in [2.75, 3.05) is 11.1 Å². The van der Waals surface area contributed by atoms with E-state index in [2.05, 4.69) is 14.9 Å². The average Bonchev–Trinajstić information content (AvgIpc) is 3.31. The highest BCUT2D eigenvalue weighted by molar-refractivity contribution is 7.99. The Morgan fingerprint density at radius 2 is 2.15 bits per heavy atom. The first kappa shape index (κ1) is 17.3. The minimum atomic E-state index is 0.00989. The largest absolute Gasteiger partial charge is 0.314 e. The topological polar surface area (TPSA) is 59.8 Å². The summed E-state index contributed by atoms with van der Waals surface area (Å²) in [4.78, 5) is 21.6. The number of anilines is 1. The Morgan fingerprint density at radius 3 is 2.96 bits per heavy atom. The highest BCUT2D eigenvalue weighted by atomic mass is 32.2. The quantitative estimate of drug-likeness (QED) is 0.691. The Hall–Kier alpha value is -2.12. The Labute approximate surface area is 160 Å². The molecule has 7 heteroatoms. The number of amides is 1. The maximum absolute atomic E-state index is 12.5. The van der Waals surface area contributed by atoms with E-state index in [1.165, 1.54) is 0 Å². The summed E-state index contributed by atoms with van der Waals surface area (Å²) in [6, 6.07) is 10.1. The molecule has 1 aliphatic heterocycles. The zero-order chi connectivity index (χ0) is 17.8. The number of nitrogens with zero attached hydrogens (tertiary/aromatic N) is 3. The Balaban J connectivity index is 1.51. The number of nitrogens with one attached hydrogen (secondary N) is 1. The van der Waals surface area contributed by atoms with Crippen LogP contribution in [0.25, 0.3) is 11.3 Å². The molecule has 1 aliphatic rings. The molecule has 2 aromatic heterocycles. The third-order valence-electron chi connectivity index (χ3n) is 4.35. The first-order valence-corrected chi connectivity index (χ1v) is 10.8. The molecule has 5 nitrogen and oxygen atoms in total. The Bertz CT molecular complexity index is 875. The number of fused-ring (bicyclic) bond motifs is 1. The number of carbonyl (C=O) groups excluding carboxylic acids is 1. The van der Waals surface area contributed by atoms with Gasteiger partial charge in [-0.1, -0.05) is 30.3 Å². The van der Waals surface area contributed by atoms with E-state index in [9.17, 15) is 4.79 Å². The molecule has 0 bridgehead atoms. The molecule has 0 unspecified atom stereocenters. The molecular weight excluding hydrogens is 364 g/mol. The van der Waals surface area contributed by atoms with E-state index in [0.29, 0.717) is 5.75 Å². The van der Waals surface area contributed by atoms with Gasteiger partial charge in [0.25, 0.3) is 0 Å². The zero-order valence-electron chi connectivity index (χ0n) is 14.4. The molecule has 3 heterocycles. The van der Waals surface area contributed by atoms with E-state index in [4.69, 9.17) is 4.98 Å². The summed E-state index contributed by atoms with van der Waals surface area (Å²) in [5, 5.41) is 5.14. The highest BCUT2D eigenvalue weighted by Gasteiger charge is 2.22. The number of benzene rings is 1. The number of thioether (sulfide) groups is 1. The summed E-state index contributed by atoms with van der Waals surface area (Å²) in [6.07, 6.45) is 3.25. The fourth-order valence-corrected chi connectivity index (χ4v) is 4.52. The molecule has 0 radical (unpaired) electrons. The van der Waals surface area contributed by atoms with Gasteiger partial charge in [-0.25, -0.2) is 9.97 Å². The maximum atomic E-state index is 12.5. The second-order valence-corrected chi connectivity index (χ2v) is 7.93. The number of rotatable bonds is 6. The van der Waals surface area contributed by atoms with Gasteiger partial charge in [0.15, 0.2) is 0 Å². The van der Waals surface area contributed by atoms with Gasteiger partial charge in [0.1, 0.15) is 17.3 Å². The van der Waals surface area contributed by atoms with Crippen LogP contribution in [-0.4, -0.2) is 26.2 Å². The van der Waals surface area contributed by atoms with Crippen molar-refractivity contribution in [1.29, 1.82) is 0 Å². The summed E-state index contributed by atoms with van der Waals surface area (Å²) >= 11 is 3.16. The van der Waals surface area contributed by atoms with Crippen LogP contribution in [0.15, 0.2) is 41.2 Å². The Kier molecular flexibility index (Phi) is 5.36. The van der Waals surface area contributed by atoms with Crippen LogP contribution >= 0.6 is 23.1 Å². The molecule has 0 saturated carbocycles. The lowest BCUT2D eigenvalue weighted by molar-refractivity contribution is -0.113. The fourth-order valence-electron chi connectivity index (χ4n) is 3.13. The summed E-state index contributed by atoms with van der Waals surface area (Å²) in [7, 11) is 0. The van der Waals surface area contributed by atoms with Crippen LogP contribution < -0.4 is 5.32 Å². The number of aryl methyl sites for hydroxylation is 1. The zero-order valence-corrected chi connectivity index (χ0v) is 16.0. The van der Waals surface area contributed by atoms with Gasteiger partial charge in [-0.2, -0.15) is 0 Å². The van der Waals surface area contributed by atoms with Crippen LogP contribution in [0.4, 0.5) is 5.82 Å². The molecular formula is C19H20N4OS2. The average molecular weight is 385 g/mol. The lowest BCUT2D eigenvalue weighted by Gasteiger charge is -2.17. The van der Waals surface area contributed by atoms with Crippen molar-refractivity contribution in [2.24, 2.45) is 0 Å². The van der Waals surface area contributed by atoms with E-state index in [-0.39, 0.29) is 5.91 Å². The van der Waals surface area contributed by atoms with Gasteiger partial charge < -0.3 is 9.88 Å². The molecule has 3 aromatic rings. The van der Waals surface area contributed by atoms with Gasteiger partial charge in [-0.15, -0.1) is 23.1 Å². The van der Waals surface area contributed by atoms with Crippen LogP contribution in [0.5, 0.6) is 0 Å². The summed E-state index contributed by atoms with van der Waals surface area (Å²) in [5.74, 6) is 3.08. The molecule has 4 rings (SSSR count). The number of hydrogen-bond donors (Lipinski definition) is 1. The molecule has 0 spiro atoms. The van der Waals surface area contributed by atoms with Crippen molar-refractivity contribution in [3.8, 4) is 11.3 Å². The minimum Gasteiger partial charge on any atom is -0.314 e. The van der Waals surface area contributed by atoms with Gasteiger partial charge in [0, 0.05) is 29.7 Å². The SMILES string of the molecule is O=C(CSCc1cscn1)Nc1c(-c2ccccc2)nc2n1CCCC2. The van der Waals surface area contributed by atoms with E-state index < -0.39 is 0 Å². The van der Waals surface area contributed by atoms with Gasteiger partial charge >= 0.3 is 0 Å². The van der Waals surface area contributed by atoms with E-state index in [0.717, 1.165) is 60.2 Å². The number of carbonyl (C=O) groups is 1. The normalized spacial score (nSPS) is 13.4. The highest BCUT2D eigenvalue weighted by Crippen LogP contribution is 2.31. The van der Waals surface area contributed by atoms with Crippen LogP contribution in [0.2, 0.25) is 0 Å². The van der Waals surface area contributed by atoms with Crippen molar-refractivity contribution in [1.82, 2.24) is 14.5 Å². The van der Waals surface area contributed by atoms with Crippen LogP contribution in [0.1, 0.15) is 24.4 Å². The number of aromatic nitrogens is 3. The third kappa shape index (κ3) is 3.83.